The van der Waals surface area contributed by atoms with Gasteiger partial charge in [0.15, 0.2) is 0 Å². The third-order valence-corrected chi connectivity index (χ3v) is 6.31. The van der Waals surface area contributed by atoms with E-state index in [1.54, 1.807) is 24.1 Å². The minimum absolute atomic E-state index is 0.184. The second-order valence-electron chi connectivity index (χ2n) is 6.02. The Bertz CT molecular complexity index is 700. The number of ether oxygens (including phenoxy) is 1. The van der Waals surface area contributed by atoms with Crippen molar-refractivity contribution < 1.29 is 17.9 Å². The summed E-state index contributed by atoms with van der Waals surface area (Å²) in [6.45, 7) is 4.61. The summed E-state index contributed by atoms with van der Waals surface area (Å²) in [4.78, 5) is 14.4. The first-order chi connectivity index (χ1) is 11.9. The van der Waals surface area contributed by atoms with Gasteiger partial charge in [0.2, 0.25) is 10.0 Å². The molecule has 0 aliphatic carbocycles. The van der Waals surface area contributed by atoms with Gasteiger partial charge in [-0.15, -0.1) is 0 Å². The molecule has 0 saturated carbocycles. The summed E-state index contributed by atoms with van der Waals surface area (Å²) in [5.74, 6) is -0.184. The molecule has 0 aromatic heterocycles. The van der Waals surface area contributed by atoms with Crippen molar-refractivity contribution >= 4 is 15.9 Å². The molecule has 0 spiro atoms. The zero-order valence-corrected chi connectivity index (χ0v) is 15.9. The molecule has 0 atom stereocenters. The molecule has 2 rings (SSSR count). The van der Waals surface area contributed by atoms with Crippen molar-refractivity contribution in [3.63, 3.8) is 0 Å². The third kappa shape index (κ3) is 4.58. The van der Waals surface area contributed by atoms with Gasteiger partial charge in [0.25, 0.3) is 5.91 Å². The standard InChI is InChI=1S/C17H27N3O4S/c1-4-14-5-6-15(17(21)19(3)8-7-18-2)13-16(14)25(22,23)20-9-11-24-12-10-20/h5-6,13,18H,4,7-12H2,1-3H3. The van der Waals surface area contributed by atoms with Crippen LogP contribution >= 0.6 is 0 Å². The summed E-state index contributed by atoms with van der Waals surface area (Å²) < 4.78 is 32.7. The molecule has 7 nitrogen and oxygen atoms in total. The van der Waals surface area contributed by atoms with Crippen molar-refractivity contribution in [2.75, 3.05) is 53.5 Å². The molecule has 1 aromatic carbocycles. The van der Waals surface area contributed by atoms with Gasteiger partial charge in [-0.2, -0.15) is 4.31 Å². The zero-order chi connectivity index (χ0) is 18.4. The van der Waals surface area contributed by atoms with Crippen molar-refractivity contribution in [1.82, 2.24) is 14.5 Å². The van der Waals surface area contributed by atoms with Crippen LogP contribution < -0.4 is 5.32 Å². The first-order valence-corrected chi connectivity index (χ1v) is 9.96. The van der Waals surface area contributed by atoms with E-state index in [2.05, 4.69) is 5.32 Å². The predicted molar refractivity (Wildman–Crippen MR) is 96.3 cm³/mol. The Hall–Kier alpha value is -1.48. The Morgan fingerprint density at radius 1 is 1.32 bits per heavy atom. The number of nitrogens with zero attached hydrogens (tertiary/aromatic N) is 2. The minimum atomic E-state index is -3.63. The average molecular weight is 369 g/mol. The maximum absolute atomic E-state index is 13.0. The Kier molecular flexibility index (Phi) is 6.95. The smallest absolute Gasteiger partial charge is 0.253 e. The number of nitrogens with one attached hydrogen (secondary N) is 1. The molecule has 140 valence electrons. The quantitative estimate of drug-likeness (QED) is 0.760. The molecule has 8 heteroatoms. The largest absolute Gasteiger partial charge is 0.379 e. The van der Waals surface area contributed by atoms with Gasteiger partial charge in [0.05, 0.1) is 18.1 Å². The highest BCUT2D eigenvalue weighted by Crippen LogP contribution is 2.24. The molecule has 25 heavy (non-hydrogen) atoms. The predicted octanol–water partition coefficient (Wildman–Crippen LogP) is 0.561. The van der Waals surface area contributed by atoms with Crippen LogP contribution in [0.4, 0.5) is 0 Å². The van der Waals surface area contributed by atoms with Crippen LogP contribution in [0.3, 0.4) is 0 Å². The monoisotopic (exact) mass is 369 g/mol. The number of likely N-dealkylation sites (N-methyl/N-ethyl adjacent to an activating group) is 2. The zero-order valence-electron chi connectivity index (χ0n) is 15.1. The number of benzene rings is 1. The SMILES string of the molecule is CCc1ccc(C(=O)N(C)CCNC)cc1S(=O)(=O)N1CCOCC1. The van der Waals surface area contributed by atoms with Crippen molar-refractivity contribution in [2.24, 2.45) is 0 Å². The number of carbonyl (C=O) groups is 1. The molecule has 0 radical (unpaired) electrons. The van der Waals surface area contributed by atoms with Gasteiger partial charge < -0.3 is 15.0 Å². The van der Waals surface area contributed by atoms with Gasteiger partial charge in [0.1, 0.15) is 0 Å². The molecule has 1 N–H and O–H groups in total. The summed E-state index contributed by atoms with van der Waals surface area (Å²) in [5.41, 5.74) is 1.11. The lowest BCUT2D eigenvalue weighted by Crippen LogP contribution is -2.41. The fraction of sp³-hybridized carbons (Fsp3) is 0.588. The topological polar surface area (TPSA) is 79.0 Å². The lowest BCUT2D eigenvalue weighted by Gasteiger charge is -2.27. The second-order valence-corrected chi connectivity index (χ2v) is 7.93. The summed E-state index contributed by atoms with van der Waals surface area (Å²) in [6.07, 6.45) is 0.586. The lowest BCUT2D eigenvalue weighted by atomic mass is 10.1. The molecule has 1 aromatic rings. The van der Waals surface area contributed by atoms with Gasteiger partial charge in [0, 0.05) is 38.8 Å². The van der Waals surface area contributed by atoms with Crippen molar-refractivity contribution in [1.29, 1.82) is 0 Å². The molecule has 1 aliphatic heterocycles. The van der Waals surface area contributed by atoms with Gasteiger partial charge in [-0.1, -0.05) is 13.0 Å². The fourth-order valence-corrected chi connectivity index (χ4v) is 4.47. The van der Waals surface area contributed by atoms with Crippen LogP contribution in [0.15, 0.2) is 23.1 Å². The van der Waals surface area contributed by atoms with E-state index < -0.39 is 10.0 Å². The molecule has 1 heterocycles. The van der Waals surface area contributed by atoms with E-state index in [1.165, 1.54) is 10.4 Å². The number of rotatable bonds is 7. The molecule has 0 bridgehead atoms. The Morgan fingerprint density at radius 3 is 2.60 bits per heavy atom. The van der Waals surface area contributed by atoms with Gasteiger partial charge >= 0.3 is 0 Å². The number of hydrogen-bond donors (Lipinski definition) is 1. The number of hydrogen-bond acceptors (Lipinski definition) is 5. The fourth-order valence-electron chi connectivity index (χ4n) is 2.75. The van der Waals surface area contributed by atoms with Gasteiger partial charge in [-0.25, -0.2) is 8.42 Å². The summed E-state index contributed by atoms with van der Waals surface area (Å²) in [6, 6.07) is 4.96. The number of amides is 1. The molecular formula is C17H27N3O4S. The van der Waals surface area contributed by atoms with E-state index >= 15 is 0 Å². The van der Waals surface area contributed by atoms with E-state index in [0.717, 1.165) is 5.56 Å². The van der Waals surface area contributed by atoms with Crippen molar-refractivity contribution in [2.45, 2.75) is 18.2 Å². The van der Waals surface area contributed by atoms with E-state index in [-0.39, 0.29) is 10.8 Å². The van der Waals surface area contributed by atoms with Crippen LogP contribution in [-0.4, -0.2) is 77.0 Å². The molecular weight excluding hydrogens is 342 g/mol. The number of morpholine rings is 1. The lowest BCUT2D eigenvalue weighted by molar-refractivity contribution is 0.0730. The normalized spacial score (nSPS) is 16.0. The van der Waals surface area contributed by atoms with E-state index in [9.17, 15) is 13.2 Å². The first kappa shape index (κ1) is 19.8. The van der Waals surface area contributed by atoms with Crippen molar-refractivity contribution in [3.8, 4) is 0 Å². The summed E-state index contributed by atoms with van der Waals surface area (Å²) in [7, 11) is -0.101. The van der Waals surface area contributed by atoms with Crippen LogP contribution in [0.25, 0.3) is 0 Å². The number of sulfonamides is 1. The maximum Gasteiger partial charge on any atom is 0.253 e. The van der Waals surface area contributed by atoms with Crippen LogP contribution in [0.2, 0.25) is 0 Å². The number of aryl methyl sites for hydroxylation is 1. The van der Waals surface area contributed by atoms with E-state index in [0.29, 0.717) is 51.4 Å². The molecule has 1 amide bonds. The van der Waals surface area contributed by atoms with Gasteiger partial charge in [-0.3, -0.25) is 4.79 Å². The number of carbonyl (C=O) groups excluding carboxylic acids is 1. The van der Waals surface area contributed by atoms with Gasteiger partial charge in [-0.05, 0) is 31.2 Å². The maximum atomic E-state index is 13.0. The highest BCUT2D eigenvalue weighted by atomic mass is 32.2. The molecule has 0 unspecified atom stereocenters. The first-order valence-electron chi connectivity index (χ1n) is 8.52. The summed E-state index contributed by atoms with van der Waals surface area (Å²) >= 11 is 0. The molecule has 1 fully saturated rings. The van der Waals surface area contributed by atoms with Crippen LogP contribution in [0.1, 0.15) is 22.8 Å². The minimum Gasteiger partial charge on any atom is -0.379 e. The van der Waals surface area contributed by atoms with Crippen LogP contribution in [0.5, 0.6) is 0 Å². The highest BCUT2D eigenvalue weighted by Gasteiger charge is 2.29. The Labute approximate surface area is 150 Å². The highest BCUT2D eigenvalue weighted by molar-refractivity contribution is 7.89. The summed E-state index contributed by atoms with van der Waals surface area (Å²) in [5, 5.41) is 2.99. The third-order valence-electron chi connectivity index (χ3n) is 4.33. The van der Waals surface area contributed by atoms with E-state index in [4.69, 9.17) is 4.74 Å². The van der Waals surface area contributed by atoms with Crippen LogP contribution in [0, 0.1) is 0 Å². The van der Waals surface area contributed by atoms with Crippen LogP contribution in [-0.2, 0) is 21.2 Å². The van der Waals surface area contributed by atoms with Crippen molar-refractivity contribution in [3.05, 3.63) is 29.3 Å². The molecule has 1 saturated heterocycles. The molecule has 1 aliphatic rings. The second kappa shape index (κ2) is 8.75. The Morgan fingerprint density at radius 2 is 2.00 bits per heavy atom. The van der Waals surface area contributed by atoms with E-state index in [1.807, 2.05) is 14.0 Å². The Balaban J connectivity index is 2.35. The average Bonchev–Trinajstić information content (AvgIpc) is 2.65.